The van der Waals surface area contributed by atoms with E-state index in [-0.39, 0.29) is 17.7 Å². The number of nitrogens with zero attached hydrogens (tertiary/aromatic N) is 3. The molecule has 0 saturated carbocycles. The Balaban J connectivity index is 1.93. The van der Waals surface area contributed by atoms with Crippen LogP contribution in [0.3, 0.4) is 0 Å². The Morgan fingerprint density at radius 2 is 1.79 bits per heavy atom. The second-order valence-corrected chi connectivity index (χ2v) is 6.67. The Bertz CT molecular complexity index is 638. The zero-order valence-corrected chi connectivity index (χ0v) is 11.8. The van der Waals surface area contributed by atoms with Gasteiger partial charge in [-0.3, -0.25) is 14.5 Å². The average Bonchev–Trinajstić information content (AvgIpc) is 2.94. The summed E-state index contributed by atoms with van der Waals surface area (Å²) in [6.07, 6.45) is 8.34. The molecule has 0 N–H and O–H groups in total. The van der Waals surface area contributed by atoms with E-state index < -0.39 is 0 Å². The summed E-state index contributed by atoms with van der Waals surface area (Å²) in [5.74, 6) is 1.97. The summed E-state index contributed by atoms with van der Waals surface area (Å²) in [4.78, 5) is 33.6. The van der Waals surface area contributed by atoms with E-state index in [0.717, 1.165) is 31.0 Å². The highest BCUT2D eigenvalue weighted by Crippen LogP contribution is 2.53. The van der Waals surface area contributed by atoms with Gasteiger partial charge in [0, 0.05) is 12.4 Å². The van der Waals surface area contributed by atoms with Gasteiger partial charge in [-0.1, -0.05) is 29.4 Å². The van der Waals surface area contributed by atoms with Crippen LogP contribution in [-0.4, -0.2) is 32.6 Å². The van der Waals surface area contributed by atoms with Crippen molar-refractivity contribution >= 4 is 46.4 Å². The highest BCUT2D eigenvalue weighted by atomic mass is 32.2. The van der Waals surface area contributed by atoms with Crippen LogP contribution in [0.1, 0.15) is 0 Å². The van der Waals surface area contributed by atoms with Crippen LogP contribution >= 0.6 is 35.3 Å². The van der Waals surface area contributed by atoms with Crippen molar-refractivity contribution in [1.29, 1.82) is 0 Å². The summed E-state index contributed by atoms with van der Waals surface area (Å²) >= 11 is 3.63. The van der Waals surface area contributed by atoms with E-state index in [2.05, 4.69) is 15.9 Å². The van der Waals surface area contributed by atoms with Gasteiger partial charge in [0.25, 0.3) is 11.1 Å². The zero-order valence-electron chi connectivity index (χ0n) is 9.32. The Kier molecular flexibility index (Phi) is 3.26. The lowest BCUT2D eigenvalue weighted by molar-refractivity contribution is -0.122. The SMILES string of the molecule is C#CCN1C(=O)SC(=C2Sc3nccnc3S2)C1=O. The fraction of sp³-hybridized carbons (Fsp3) is 0.0909. The van der Waals surface area contributed by atoms with Crippen LogP contribution < -0.4 is 0 Å². The molecule has 3 rings (SSSR count). The smallest absolute Gasteiger partial charge is 0.268 e. The van der Waals surface area contributed by atoms with Gasteiger partial charge in [0.1, 0.15) is 15.0 Å². The molecule has 1 fully saturated rings. The van der Waals surface area contributed by atoms with E-state index in [4.69, 9.17) is 6.42 Å². The van der Waals surface area contributed by atoms with Crippen molar-refractivity contribution < 1.29 is 9.59 Å². The molecule has 2 amide bonds. The van der Waals surface area contributed by atoms with E-state index in [9.17, 15) is 9.59 Å². The zero-order chi connectivity index (χ0) is 13.4. The summed E-state index contributed by atoms with van der Waals surface area (Å²) in [5.41, 5.74) is 0. The van der Waals surface area contributed by atoms with E-state index in [1.807, 2.05) is 0 Å². The number of hydrogen-bond donors (Lipinski definition) is 0. The van der Waals surface area contributed by atoms with Gasteiger partial charge in [-0.25, -0.2) is 9.97 Å². The van der Waals surface area contributed by atoms with Crippen molar-refractivity contribution in [3.8, 4) is 12.3 Å². The number of imide groups is 1. The Morgan fingerprint density at radius 1 is 1.16 bits per heavy atom. The van der Waals surface area contributed by atoms with Crippen molar-refractivity contribution in [2.24, 2.45) is 0 Å². The second kappa shape index (κ2) is 4.92. The third-order valence-electron chi connectivity index (χ3n) is 2.30. The highest BCUT2D eigenvalue weighted by molar-refractivity contribution is 8.27. The van der Waals surface area contributed by atoms with Gasteiger partial charge in [-0.05, 0) is 11.8 Å². The van der Waals surface area contributed by atoms with Gasteiger partial charge in [-0.2, -0.15) is 0 Å². The van der Waals surface area contributed by atoms with Crippen LogP contribution in [0.15, 0.2) is 31.6 Å². The number of amides is 2. The molecule has 1 aromatic rings. The molecular weight excluding hydrogens is 302 g/mol. The van der Waals surface area contributed by atoms with Gasteiger partial charge in [0.05, 0.1) is 10.8 Å². The van der Waals surface area contributed by atoms with E-state index in [0.29, 0.717) is 4.91 Å². The first kappa shape index (κ1) is 12.6. The number of carbonyl (C=O) groups excluding carboxylic acids is 2. The van der Waals surface area contributed by atoms with Gasteiger partial charge in [0.2, 0.25) is 0 Å². The lowest BCUT2D eigenvalue weighted by Crippen LogP contribution is -2.28. The Hall–Kier alpha value is -1.43. The number of fused-ring (bicyclic) bond motifs is 1. The lowest BCUT2D eigenvalue weighted by Gasteiger charge is -2.06. The van der Waals surface area contributed by atoms with Gasteiger partial charge in [0.15, 0.2) is 0 Å². The van der Waals surface area contributed by atoms with Crippen LogP contribution in [0.25, 0.3) is 0 Å². The van der Waals surface area contributed by atoms with Crippen LogP contribution in [0.5, 0.6) is 0 Å². The number of aromatic nitrogens is 2. The summed E-state index contributed by atoms with van der Waals surface area (Å²) in [6, 6.07) is 0. The Labute approximate surface area is 121 Å². The molecule has 0 spiro atoms. The first-order valence-electron chi connectivity index (χ1n) is 5.09. The minimum atomic E-state index is -0.337. The summed E-state index contributed by atoms with van der Waals surface area (Å²) in [5, 5.41) is 1.18. The monoisotopic (exact) mass is 307 g/mol. The largest absolute Gasteiger partial charge is 0.294 e. The van der Waals surface area contributed by atoms with E-state index >= 15 is 0 Å². The fourth-order valence-electron chi connectivity index (χ4n) is 1.49. The van der Waals surface area contributed by atoms with E-state index in [1.54, 1.807) is 12.4 Å². The molecule has 19 heavy (non-hydrogen) atoms. The van der Waals surface area contributed by atoms with Crippen molar-refractivity contribution in [2.45, 2.75) is 10.1 Å². The molecular formula is C11H5N3O2S3. The lowest BCUT2D eigenvalue weighted by atomic mass is 10.5. The molecule has 0 bridgehead atoms. The van der Waals surface area contributed by atoms with Crippen molar-refractivity contribution in [1.82, 2.24) is 14.9 Å². The molecule has 2 aliphatic heterocycles. The van der Waals surface area contributed by atoms with Gasteiger partial charge < -0.3 is 0 Å². The van der Waals surface area contributed by atoms with Crippen LogP contribution in [0, 0.1) is 12.3 Å². The molecule has 2 aliphatic rings. The molecule has 94 valence electrons. The maximum absolute atomic E-state index is 12.1. The summed E-state index contributed by atoms with van der Waals surface area (Å²) in [7, 11) is 0. The molecule has 0 unspecified atom stereocenters. The average molecular weight is 307 g/mol. The number of thioether (sulfide) groups is 3. The normalized spacial score (nSPS) is 17.9. The standard InChI is InChI=1S/C11H5N3O2S3/c1-2-5-14-9(15)6(17-11(14)16)10-18-7-8(19-10)13-4-3-12-7/h1,3-4H,5H2. The molecule has 0 atom stereocenters. The van der Waals surface area contributed by atoms with Crippen molar-refractivity contribution in [2.75, 3.05) is 6.54 Å². The minimum absolute atomic E-state index is 0.000227. The second-order valence-electron chi connectivity index (χ2n) is 3.45. The third-order valence-corrected chi connectivity index (χ3v) is 5.92. The maximum atomic E-state index is 12.1. The van der Waals surface area contributed by atoms with Crippen LogP contribution in [0.2, 0.25) is 0 Å². The molecule has 0 aromatic carbocycles. The predicted molar refractivity (Wildman–Crippen MR) is 74.3 cm³/mol. The van der Waals surface area contributed by atoms with Crippen molar-refractivity contribution in [3.05, 3.63) is 21.5 Å². The predicted octanol–water partition coefficient (Wildman–Crippen LogP) is 2.17. The maximum Gasteiger partial charge on any atom is 0.294 e. The quantitative estimate of drug-likeness (QED) is 0.582. The molecule has 1 aromatic heterocycles. The number of terminal acetylenes is 1. The van der Waals surface area contributed by atoms with Crippen molar-refractivity contribution in [3.63, 3.8) is 0 Å². The van der Waals surface area contributed by atoms with Crippen LogP contribution in [0.4, 0.5) is 4.79 Å². The molecule has 1 saturated heterocycles. The Morgan fingerprint density at radius 3 is 2.37 bits per heavy atom. The van der Waals surface area contributed by atoms with Gasteiger partial charge in [-0.15, -0.1) is 6.42 Å². The molecule has 3 heterocycles. The number of rotatable bonds is 1. The van der Waals surface area contributed by atoms with Gasteiger partial charge >= 0.3 is 0 Å². The topological polar surface area (TPSA) is 63.2 Å². The molecule has 8 heteroatoms. The third kappa shape index (κ3) is 2.14. The molecule has 0 aliphatic carbocycles. The first-order valence-corrected chi connectivity index (χ1v) is 7.54. The summed E-state index contributed by atoms with van der Waals surface area (Å²) in [6.45, 7) is 0.000227. The fourth-order valence-corrected chi connectivity index (χ4v) is 4.81. The summed E-state index contributed by atoms with van der Waals surface area (Å²) < 4.78 is 0.740. The highest BCUT2D eigenvalue weighted by Gasteiger charge is 2.39. The van der Waals surface area contributed by atoms with Crippen LogP contribution in [-0.2, 0) is 4.79 Å². The minimum Gasteiger partial charge on any atom is -0.268 e. The number of carbonyl (C=O) groups is 2. The van der Waals surface area contributed by atoms with E-state index in [1.165, 1.54) is 23.5 Å². The first-order chi connectivity index (χ1) is 9.20. The molecule has 0 radical (unpaired) electrons. The molecule has 5 nitrogen and oxygen atoms in total. The number of hydrogen-bond acceptors (Lipinski definition) is 7.